The summed E-state index contributed by atoms with van der Waals surface area (Å²) in [7, 11) is -3.30. The molecule has 0 aromatic heterocycles. The molecule has 2 rings (SSSR count). The first kappa shape index (κ1) is 14.7. The van der Waals surface area contributed by atoms with E-state index in [0.717, 1.165) is 12.8 Å². The van der Waals surface area contributed by atoms with Crippen molar-refractivity contribution in [3.05, 3.63) is 0 Å². The molecular weight excluding hydrogens is 320 g/mol. The number of morpholine rings is 1. The van der Waals surface area contributed by atoms with Crippen LogP contribution in [0, 0.1) is 5.92 Å². The number of piperidine rings is 1. The van der Waals surface area contributed by atoms with Crippen LogP contribution >= 0.6 is 15.9 Å². The molecule has 2 fully saturated rings. The molecule has 2 heterocycles. The highest BCUT2D eigenvalue weighted by atomic mass is 79.9. The van der Waals surface area contributed by atoms with Crippen LogP contribution < -0.4 is 0 Å². The number of hydrogen-bond donors (Lipinski definition) is 0. The molecule has 18 heavy (non-hydrogen) atoms. The molecule has 0 amide bonds. The molecule has 0 radical (unpaired) electrons. The third kappa shape index (κ3) is 3.25. The van der Waals surface area contributed by atoms with Gasteiger partial charge in [-0.3, -0.25) is 0 Å². The fourth-order valence-corrected chi connectivity index (χ4v) is 4.70. The smallest absolute Gasteiger partial charge is 0.282 e. The Kier molecular flexibility index (Phi) is 5.05. The second-order valence-corrected chi connectivity index (χ2v) is 7.69. The Morgan fingerprint density at radius 1 is 1.28 bits per heavy atom. The lowest BCUT2D eigenvalue weighted by atomic mass is 10.0. The van der Waals surface area contributed by atoms with Gasteiger partial charge < -0.3 is 4.74 Å². The average Bonchev–Trinajstić information content (AvgIpc) is 2.39. The monoisotopic (exact) mass is 340 g/mol. The predicted octanol–water partition coefficient (Wildman–Crippen LogP) is 1.06. The summed E-state index contributed by atoms with van der Waals surface area (Å²) in [6.45, 7) is 4.83. The van der Waals surface area contributed by atoms with Crippen molar-refractivity contribution in [1.82, 2.24) is 8.61 Å². The number of ether oxygens (including phenoxy) is 1. The van der Waals surface area contributed by atoms with Crippen LogP contribution in [0.4, 0.5) is 0 Å². The van der Waals surface area contributed by atoms with E-state index in [1.54, 1.807) is 8.61 Å². The third-order valence-electron chi connectivity index (χ3n) is 3.55. The maximum absolute atomic E-state index is 12.5. The van der Waals surface area contributed by atoms with Crippen molar-refractivity contribution in [2.24, 2.45) is 5.92 Å². The van der Waals surface area contributed by atoms with Crippen LogP contribution in [0.15, 0.2) is 0 Å². The Morgan fingerprint density at radius 3 is 2.67 bits per heavy atom. The van der Waals surface area contributed by atoms with Crippen molar-refractivity contribution in [2.45, 2.75) is 25.9 Å². The first-order valence-corrected chi connectivity index (χ1v) is 8.98. The average molecular weight is 341 g/mol. The van der Waals surface area contributed by atoms with E-state index in [4.69, 9.17) is 4.74 Å². The van der Waals surface area contributed by atoms with Gasteiger partial charge in [0.15, 0.2) is 0 Å². The van der Waals surface area contributed by atoms with Gasteiger partial charge in [-0.1, -0.05) is 22.9 Å². The molecule has 2 unspecified atom stereocenters. The maximum atomic E-state index is 12.5. The zero-order chi connectivity index (χ0) is 13.2. The molecule has 7 heteroatoms. The van der Waals surface area contributed by atoms with Crippen LogP contribution in [0.5, 0.6) is 0 Å². The molecule has 0 N–H and O–H groups in total. The maximum Gasteiger partial charge on any atom is 0.282 e. The number of hydrogen-bond acceptors (Lipinski definition) is 3. The van der Waals surface area contributed by atoms with Crippen LogP contribution in [0.3, 0.4) is 0 Å². The van der Waals surface area contributed by atoms with Crippen LogP contribution in [0.2, 0.25) is 0 Å². The highest BCUT2D eigenvalue weighted by molar-refractivity contribution is 9.09. The molecule has 5 nitrogen and oxygen atoms in total. The molecule has 0 aliphatic carbocycles. The van der Waals surface area contributed by atoms with E-state index in [2.05, 4.69) is 22.9 Å². The van der Waals surface area contributed by atoms with Crippen LogP contribution in [-0.4, -0.2) is 61.2 Å². The topological polar surface area (TPSA) is 49.9 Å². The van der Waals surface area contributed by atoms with Gasteiger partial charge in [0.2, 0.25) is 0 Å². The van der Waals surface area contributed by atoms with Gasteiger partial charge in [0.25, 0.3) is 10.2 Å². The van der Waals surface area contributed by atoms with Gasteiger partial charge in [0, 0.05) is 31.5 Å². The van der Waals surface area contributed by atoms with Gasteiger partial charge in [-0.2, -0.15) is 17.0 Å². The minimum atomic E-state index is -3.30. The van der Waals surface area contributed by atoms with E-state index < -0.39 is 10.2 Å². The van der Waals surface area contributed by atoms with E-state index >= 15 is 0 Å². The SMILES string of the molecule is CC1CCCN(S(=O)(=O)N2CCOC(CBr)C2)C1. The van der Waals surface area contributed by atoms with Crippen LogP contribution in [0.25, 0.3) is 0 Å². The third-order valence-corrected chi connectivity index (χ3v) is 6.24. The Hall–Kier alpha value is 0.310. The number of nitrogens with zero attached hydrogens (tertiary/aromatic N) is 2. The first-order valence-electron chi connectivity index (χ1n) is 6.47. The summed E-state index contributed by atoms with van der Waals surface area (Å²) in [5, 5.41) is 0.676. The van der Waals surface area contributed by atoms with Crippen LogP contribution in [0.1, 0.15) is 19.8 Å². The summed E-state index contributed by atoms with van der Waals surface area (Å²) < 4.78 is 33.8. The van der Waals surface area contributed by atoms with Crippen molar-refractivity contribution in [2.75, 3.05) is 38.1 Å². The molecule has 0 spiro atoms. The van der Waals surface area contributed by atoms with Gasteiger partial charge >= 0.3 is 0 Å². The predicted molar refractivity (Wildman–Crippen MR) is 74.0 cm³/mol. The van der Waals surface area contributed by atoms with E-state index in [0.29, 0.717) is 44.0 Å². The fourth-order valence-electron chi connectivity index (χ4n) is 2.51. The molecule has 106 valence electrons. The van der Waals surface area contributed by atoms with E-state index in [1.807, 2.05) is 0 Å². The zero-order valence-corrected chi connectivity index (χ0v) is 13.1. The zero-order valence-electron chi connectivity index (χ0n) is 10.7. The minimum Gasteiger partial charge on any atom is -0.375 e. The van der Waals surface area contributed by atoms with Crippen molar-refractivity contribution in [3.63, 3.8) is 0 Å². The van der Waals surface area contributed by atoms with Crippen molar-refractivity contribution in [3.8, 4) is 0 Å². The Labute approximate surface area is 118 Å². The lowest BCUT2D eigenvalue weighted by Gasteiger charge is -2.37. The lowest BCUT2D eigenvalue weighted by molar-refractivity contribution is 0.0113. The summed E-state index contributed by atoms with van der Waals surface area (Å²) >= 11 is 3.35. The van der Waals surface area contributed by atoms with E-state index in [9.17, 15) is 8.42 Å². The van der Waals surface area contributed by atoms with Gasteiger partial charge in [-0.25, -0.2) is 0 Å². The molecule has 0 aromatic rings. The lowest BCUT2D eigenvalue weighted by Crippen LogP contribution is -2.53. The fraction of sp³-hybridized carbons (Fsp3) is 1.00. The molecular formula is C11H21BrN2O3S. The van der Waals surface area contributed by atoms with Gasteiger partial charge in [0.1, 0.15) is 0 Å². The van der Waals surface area contributed by atoms with Crippen molar-refractivity contribution < 1.29 is 13.2 Å². The number of halogens is 1. The van der Waals surface area contributed by atoms with Crippen LogP contribution in [-0.2, 0) is 14.9 Å². The number of alkyl halides is 1. The van der Waals surface area contributed by atoms with E-state index in [1.165, 1.54) is 0 Å². The second kappa shape index (κ2) is 6.17. The number of rotatable bonds is 3. The van der Waals surface area contributed by atoms with Gasteiger partial charge in [-0.15, -0.1) is 0 Å². The quantitative estimate of drug-likeness (QED) is 0.722. The van der Waals surface area contributed by atoms with Crippen molar-refractivity contribution >= 4 is 26.1 Å². The van der Waals surface area contributed by atoms with E-state index in [-0.39, 0.29) is 6.10 Å². The Morgan fingerprint density at radius 2 is 2.00 bits per heavy atom. The summed E-state index contributed by atoms with van der Waals surface area (Å²) in [4.78, 5) is 0. The van der Waals surface area contributed by atoms with Crippen molar-refractivity contribution in [1.29, 1.82) is 0 Å². The Bertz CT molecular complexity index is 376. The van der Waals surface area contributed by atoms with Gasteiger partial charge in [0.05, 0.1) is 12.7 Å². The minimum absolute atomic E-state index is 0.0317. The summed E-state index contributed by atoms with van der Waals surface area (Å²) in [6.07, 6.45) is 2.06. The van der Waals surface area contributed by atoms with Gasteiger partial charge in [-0.05, 0) is 18.8 Å². The highest BCUT2D eigenvalue weighted by Gasteiger charge is 2.35. The largest absolute Gasteiger partial charge is 0.375 e. The molecule has 2 saturated heterocycles. The molecule has 0 bridgehead atoms. The summed E-state index contributed by atoms with van der Waals surface area (Å²) in [5.41, 5.74) is 0. The normalized spacial score (nSPS) is 32.6. The summed E-state index contributed by atoms with van der Waals surface area (Å²) in [5.74, 6) is 0.460. The highest BCUT2D eigenvalue weighted by Crippen LogP contribution is 2.22. The molecule has 0 aromatic carbocycles. The molecule has 2 aliphatic heterocycles. The first-order chi connectivity index (χ1) is 8.54. The summed E-state index contributed by atoms with van der Waals surface area (Å²) in [6, 6.07) is 0. The standard InChI is InChI=1S/C11H21BrN2O3S/c1-10-3-2-4-13(8-10)18(15,16)14-5-6-17-11(7-12)9-14/h10-11H,2-9H2,1H3. The second-order valence-electron chi connectivity index (χ2n) is 5.12. The molecule has 2 aliphatic rings. The Balaban J connectivity index is 2.05. The molecule has 2 atom stereocenters. The molecule has 0 saturated carbocycles.